The minimum absolute atomic E-state index is 0.0708. The molecule has 0 saturated heterocycles. The van der Waals surface area contributed by atoms with Gasteiger partial charge in [0.25, 0.3) is 5.56 Å². The fourth-order valence-corrected chi connectivity index (χ4v) is 3.34. The maximum absolute atomic E-state index is 13.5. The number of nitrogens with one attached hydrogen (secondary N) is 2. The SMILES string of the molecule is O=C(Nc1ccc(NCc2cc(=O)n3cc(Br)ccc3n2)c(C(F)(F)F)c1)C1CC1. The summed E-state index contributed by atoms with van der Waals surface area (Å²) in [6.07, 6.45) is -1.54. The van der Waals surface area contributed by atoms with Gasteiger partial charge in [-0.1, -0.05) is 0 Å². The Bertz CT molecular complexity index is 1190. The van der Waals surface area contributed by atoms with Crippen LogP contribution in [-0.4, -0.2) is 15.3 Å². The van der Waals surface area contributed by atoms with Crippen LogP contribution in [0.2, 0.25) is 0 Å². The predicted molar refractivity (Wildman–Crippen MR) is 109 cm³/mol. The average Bonchev–Trinajstić information content (AvgIpc) is 3.52. The van der Waals surface area contributed by atoms with Crippen LogP contribution >= 0.6 is 15.9 Å². The van der Waals surface area contributed by atoms with Gasteiger partial charge < -0.3 is 10.6 Å². The normalized spacial score (nSPS) is 14.0. The van der Waals surface area contributed by atoms with Crippen molar-refractivity contribution in [3.63, 3.8) is 0 Å². The zero-order valence-corrected chi connectivity index (χ0v) is 17.0. The third-order valence-electron chi connectivity index (χ3n) is 4.68. The summed E-state index contributed by atoms with van der Waals surface area (Å²) in [5, 5.41) is 5.22. The first-order valence-corrected chi connectivity index (χ1v) is 9.94. The number of fused-ring (bicyclic) bond motifs is 1. The number of amides is 1. The van der Waals surface area contributed by atoms with Gasteiger partial charge >= 0.3 is 6.18 Å². The fraction of sp³-hybridized carbons (Fsp3) is 0.250. The molecule has 2 aromatic heterocycles. The van der Waals surface area contributed by atoms with Crippen LogP contribution in [0.25, 0.3) is 5.65 Å². The molecule has 0 aliphatic heterocycles. The molecule has 1 fully saturated rings. The van der Waals surface area contributed by atoms with Crippen LogP contribution in [0.4, 0.5) is 24.5 Å². The summed E-state index contributed by atoms with van der Waals surface area (Å²) < 4.78 is 42.7. The largest absolute Gasteiger partial charge is 0.418 e. The van der Waals surface area contributed by atoms with Gasteiger partial charge in [0, 0.05) is 34.0 Å². The van der Waals surface area contributed by atoms with E-state index in [1.807, 2.05) is 0 Å². The van der Waals surface area contributed by atoms with Crippen LogP contribution in [0.15, 0.2) is 51.9 Å². The van der Waals surface area contributed by atoms with E-state index in [-0.39, 0.29) is 35.3 Å². The molecule has 1 amide bonds. The van der Waals surface area contributed by atoms with Gasteiger partial charge in [-0.15, -0.1) is 0 Å². The number of rotatable bonds is 5. The van der Waals surface area contributed by atoms with E-state index < -0.39 is 11.7 Å². The minimum atomic E-state index is -4.62. The Balaban J connectivity index is 1.57. The molecular formula is C20H16BrF3N4O2. The molecule has 10 heteroatoms. The van der Waals surface area contributed by atoms with Crippen molar-refractivity contribution >= 4 is 38.9 Å². The molecule has 0 unspecified atom stereocenters. The molecule has 1 aliphatic carbocycles. The number of carbonyl (C=O) groups excluding carboxylic acids is 1. The number of alkyl halides is 3. The molecule has 1 aromatic carbocycles. The number of carbonyl (C=O) groups is 1. The number of aromatic nitrogens is 2. The second kappa shape index (κ2) is 7.75. The van der Waals surface area contributed by atoms with Crippen LogP contribution in [0.3, 0.4) is 0 Å². The highest BCUT2D eigenvalue weighted by atomic mass is 79.9. The molecule has 4 rings (SSSR count). The lowest BCUT2D eigenvalue weighted by molar-refractivity contribution is -0.137. The van der Waals surface area contributed by atoms with Gasteiger partial charge in [0.15, 0.2) is 0 Å². The van der Waals surface area contributed by atoms with Gasteiger partial charge in [-0.05, 0) is 59.1 Å². The number of halogens is 4. The standard InChI is InChI=1S/C20H16BrF3N4O2/c21-12-3-6-17-26-14(8-18(29)28(17)10-12)9-25-16-5-4-13(7-15(16)20(22,23)24)27-19(30)11-1-2-11/h3-8,10-11,25H,1-2,9H2,(H,27,30). The van der Waals surface area contributed by atoms with E-state index in [2.05, 4.69) is 31.5 Å². The summed E-state index contributed by atoms with van der Waals surface area (Å²) in [6.45, 7) is -0.0708. The number of hydrogen-bond acceptors (Lipinski definition) is 4. The minimum Gasteiger partial charge on any atom is -0.379 e. The van der Waals surface area contributed by atoms with Crippen molar-refractivity contribution in [2.24, 2.45) is 5.92 Å². The maximum atomic E-state index is 13.5. The lowest BCUT2D eigenvalue weighted by atomic mass is 10.1. The first-order valence-electron chi connectivity index (χ1n) is 9.14. The van der Waals surface area contributed by atoms with E-state index in [1.54, 1.807) is 18.3 Å². The number of pyridine rings is 1. The summed E-state index contributed by atoms with van der Waals surface area (Å²) in [7, 11) is 0. The fourth-order valence-electron chi connectivity index (χ4n) is 3.00. The number of benzene rings is 1. The van der Waals surface area contributed by atoms with Gasteiger partial charge in [0.2, 0.25) is 5.91 Å². The van der Waals surface area contributed by atoms with Crippen molar-refractivity contribution in [3.8, 4) is 0 Å². The zero-order valence-electron chi connectivity index (χ0n) is 15.5. The lowest BCUT2D eigenvalue weighted by Crippen LogP contribution is -2.18. The lowest BCUT2D eigenvalue weighted by Gasteiger charge is -2.16. The summed E-state index contributed by atoms with van der Waals surface area (Å²) in [5.41, 5.74) is -0.620. The van der Waals surface area contributed by atoms with Crippen LogP contribution in [0.1, 0.15) is 24.1 Å². The third kappa shape index (κ3) is 4.48. The molecule has 6 nitrogen and oxygen atoms in total. The van der Waals surface area contributed by atoms with E-state index in [1.165, 1.54) is 22.6 Å². The quantitative estimate of drug-likeness (QED) is 0.566. The Hall–Kier alpha value is -2.88. The van der Waals surface area contributed by atoms with Crippen molar-refractivity contribution in [2.45, 2.75) is 25.6 Å². The van der Waals surface area contributed by atoms with Gasteiger partial charge in [-0.25, -0.2) is 4.98 Å². The van der Waals surface area contributed by atoms with Gasteiger partial charge in [0.05, 0.1) is 17.8 Å². The van der Waals surface area contributed by atoms with Gasteiger partial charge in [-0.3, -0.25) is 14.0 Å². The van der Waals surface area contributed by atoms with Gasteiger partial charge in [0.1, 0.15) is 5.65 Å². The van der Waals surface area contributed by atoms with Gasteiger partial charge in [-0.2, -0.15) is 13.2 Å². The van der Waals surface area contributed by atoms with E-state index in [4.69, 9.17) is 0 Å². The van der Waals surface area contributed by atoms with Crippen LogP contribution < -0.4 is 16.2 Å². The van der Waals surface area contributed by atoms with E-state index >= 15 is 0 Å². The molecule has 0 spiro atoms. The number of nitrogens with zero attached hydrogens (tertiary/aromatic N) is 2. The molecule has 30 heavy (non-hydrogen) atoms. The highest BCUT2D eigenvalue weighted by molar-refractivity contribution is 9.10. The third-order valence-corrected chi connectivity index (χ3v) is 5.15. The van der Waals surface area contributed by atoms with E-state index in [0.29, 0.717) is 15.8 Å². The monoisotopic (exact) mass is 480 g/mol. The van der Waals surface area contributed by atoms with Crippen molar-refractivity contribution in [2.75, 3.05) is 10.6 Å². The topological polar surface area (TPSA) is 75.5 Å². The second-order valence-corrected chi connectivity index (χ2v) is 7.95. The Morgan fingerprint density at radius 3 is 2.67 bits per heavy atom. The molecule has 2 heterocycles. The molecule has 0 atom stereocenters. The summed E-state index contributed by atoms with van der Waals surface area (Å²) in [4.78, 5) is 28.4. The number of anilines is 2. The molecular weight excluding hydrogens is 465 g/mol. The highest BCUT2D eigenvalue weighted by Gasteiger charge is 2.35. The van der Waals surface area contributed by atoms with Crippen LogP contribution in [0, 0.1) is 5.92 Å². The van der Waals surface area contributed by atoms with Crippen molar-refractivity contribution in [1.29, 1.82) is 0 Å². The Morgan fingerprint density at radius 2 is 1.97 bits per heavy atom. The molecule has 3 aromatic rings. The molecule has 2 N–H and O–H groups in total. The highest BCUT2D eigenvalue weighted by Crippen LogP contribution is 2.37. The maximum Gasteiger partial charge on any atom is 0.418 e. The Labute approximate surface area is 177 Å². The number of hydrogen-bond donors (Lipinski definition) is 2. The smallest absolute Gasteiger partial charge is 0.379 e. The zero-order chi connectivity index (χ0) is 21.5. The van der Waals surface area contributed by atoms with Crippen LogP contribution in [0.5, 0.6) is 0 Å². The second-order valence-electron chi connectivity index (χ2n) is 7.04. The first kappa shape index (κ1) is 20.4. The average molecular weight is 481 g/mol. The molecule has 156 valence electrons. The first-order chi connectivity index (χ1) is 14.2. The Morgan fingerprint density at radius 1 is 1.20 bits per heavy atom. The van der Waals surface area contributed by atoms with Crippen molar-refractivity contribution < 1.29 is 18.0 Å². The molecule has 1 saturated carbocycles. The van der Waals surface area contributed by atoms with Crippen LogP contribution in [-0.2, 0) is 17.5 Å². The van der Waals surface area contributed by atoms with E-state index in [0.717, 1.165) is 18.9 Å². The summed E-state index contributed by atoms with van der Waals surface area (Å²) in [5.74, 6) is -0.382. The van der Waals surface area contributed by atoms with E-state index in [9.17, 15) is 22.8 Å². The molecule has 1 aliphatic rings. The summed E-state index contributed by atoms with van der Waals surface area (Å²) in [6, 6.07) is 8.20. The van der Waals surface area contributed by atoms with Crippen molar-refractivity contribution in [1.82, 2.24) is 9.38 Å². The van der Waals surface area contributed by atoms with Crippen molar-refractivity contribution in [3.05, 3.63) is 68.7 Å². The Kier molecular flexibility index (Phi) is 5.27. The predicted octanol–water partition coefficient (Wildman–Crippen LogP) is 4.44. The summed E-state index contributed by atoms with van der Waals surface area (Å²) >= 11 is 3.27. The molecule has 0 bridgehead atoms. The molecule has 0 radical (unpaired) electrons.